The molecule has 1 aromatic rings. The van der Waals surface area contributed by atoms with Gasteiger partial charge in [0.05, 0.1) is 12.1 Å². The van der Waals surface area contributed by atoms with Gasteiger partial charge >= 0.3 is 5.97 Å². The van der Waals surface area contributed by atoms with Crippen LogP contribution < -0.4 is 0 Å². The van der Waals surface area contributed by atoms with Gasteiger partial charge in [-0.3, -0.25) is 4.79 Å². The summed E-state index contributed by atoms with van der Waals surface area (Å²) in [5, 5.41) is 8.89. The van der Waals surface area contributed by atoms with E-state index in [-0.39, 0.29) is 11.7 Å². The molecule has 0 aliphatic carbocycles. The minimum absolute atomic E-state index is 0.184. The molecule has 1 N–H and O–H groups in total. The van der Waals surface area contributed by atoms with Gasteiger partial charge in [-0.25, -0.2) is 4.79 Å². The molecule has 1 aliphatic rings. The van der Waals surface area contributed by atoms with Crippen LogP contribution in [0.5, 0.6) is 0 Å². The van der Waals surface area contributed by atoms with Crippen LogP contribution in [-0.2, 0) is 4.79 Å². The van der Waals surface area contributed by atoms with Gasteiger partial charge in [-0.1, -0.05) is 0 Å². The fourth-order valence-electron chi connectivity index (χ4n) is 1.39. The summed E-state index contributed by atoms with van der Waals surface area (Å²) in [5.74, 6) is -0.320. The maximum atomic E-state index is 11.8. The van der Waals surface area contributed by atoms with Crippen molar-refractivity contribution in [3.8, 4) is 0 Å². The molecule has 1 saturated heterocycles. The molecule has 5 nitrogen and oxygen atoms in total. The monoisotopic (exact) mass is 227 g/mol. The normalized spacial score (nSPS) is 20.5. The van der Waals surface area contributed by atoms with Gasteiger partial charge in [0.25, 0.3) is 5.91 Å². The Morgan fingerprint density at radius 1 is 1.60 bits per heavy atom. The van der Waals surface area contributed by atoms with E-state index in [9.17, 15) is 9.59 Å². The summed E-state index contributed by atoms with van der Waals surface area (Å²) >= 11 is 1.43. The number of furan rings is 1. The Balaban J connectivity index is 2.17. The molecule has 2 rings (SSSR count). The third-order valence-electron chi connectivity index (χ3n) is 2.16. The van der Waals surface area contributed by atoms with Crippen LogP contribution in [0.1, 0.15) is 10.6 Å². The average molecular weight is 227 g/mol. The molecule has 0 spiro atoms. The number of nitrogens with zero attached hydrogens (tertiary/aromatic N) is 1. The molecule has 0 bridgehead atoms. The number of carboxylic acid groups (broad SMARTS) is 1. The SMILES string of the molecule is O=C(O)[C@@H]1CSCN1C(=O)c1ccco1. The van der Waals surface area contributed by atoms with E-state index in [4.69, 9.17) is 9.52 Å². The van der Waals surface area contributed by atoms with E-state index >= 15 is 0 Å². The number of rotatable bonds is 2. The summed E-state index contributed by atoms with van der Waals surface area (Å²) < 4.78 is 4.94. The van der Waals surface area contributed by atoms with Crippen LogP contribution >= 0.6 is 11.8 Å². The first-order valence-electron chi connectivity index (χ1n) is 4.35. The average Bonchev–Trinajstić information content (AvgIpc) is 2.88. The molecule has 1 atom stereocenters. The molecule has 1 aliphatic heterocycles. The minimum atomic E-state index is -0.972. The van der Waals surface area contributed by atoms with Gasteiger partial charge in [-0.2, -0.15) is 0 Å². The molecule has 0 unspecified atom stereocenters. The number of aliphatic carboxylic acids is 1. The maximum absolute atomic E-state index is 11.8. The van der Waals surface area contributed by atoms with Gasteiger partial charge in [0, 0.05) is 5.75 Å². The summed E-state index contributed by atoms with van der Waals surface area (Å²) in [6.07, 6.45) is 1.40. The molecule has 0 radical (unpaired) electrons. The lowest BCUT2D eigenvalue weighted by Gasteiger charge is -2.18. The van der Waals surface area contributed by atoms with E-state index in [1.807, 2.05) is 0 Å². The van der Waals surface area contributed by atoms with Crippen LogP contribution in [0.4, 0.5) is 0 Å². The van der Waals surface area contributed by atoms with Crippen LogP contribution in [0.25, 0.3) is 0 Å². The van der Waals surface area contributed by atoms with Crippen LogP contribution in [0.15, 0.2) is 22.8 Å². The van der Waals surface area contributed by atoms with Gasteiger partial charge in [-0.15, -0.1) is 11.8 Å². The predicted octanol–water partition coefficient (Wildman–Crippen LogP) is 0.879. The molecule has 1 amide bonds. The van der Waals surface area contributed by atoms with E-state index < -0.39 is 12.0 Å². The molecule has 6 heteroatoms. The highest BCUT2D eigenvalue weighted by Gasteiger charge is 2.35. The summed E-state index contributed by atoms with van der Waals surface area (Å²) in [4.78, 5) is 23.9. The third kappa shape index (κ3) is 1.85. The minimum Gasteiger partial charge on any atom is -0.480 e. The number of carbonyl (C=O) groups is 2. The lowest BCUT2D eigenvalue weighted by atomic mass is 10.3. The molecular formula is C9H9NO4S. The third-order valence-corrected chi connectivity index (χ3v) is 3.17. The van der Waals surface area contributed by atoms with Crippen molar-refractivity contribution in [2.75, 3.05) is 11.6 Å². The Kier molecular flexibility index (Phi) is 2.68. The van der Waals surface area contributed by atoms with Gasteiger partial charge in [0.2, 0.25) is 0 Å². The first kappa shape index (κ1) is 10.1. The largest absolute Gasteiger partial charge is 0.480 e. The number of thioether (sulfide) groups is 1. The highest BCUT2D eigenvalue weighted by atomic mass is 32.2. The molecule has 80 valence electrons. The quantitative estimate of drug-likeness (QED) is 0.812. The summed E-state index contributed by atoms with van der Waals surface area (Å²) in [5.41, 5.74) is 0. The Morgan fingerprint density at radius 3 is 3.00 bits per heavy atom. The van der Waals surface area contributed by atoms with E-state index in [2.05, 4.69) is 0 Å². The number of amides is 1. The number of hydrogen-bond donors (Lipinski definition) is 1. The molecule has 1 fully saturated rings. The maximum Gasteiger partial charge on any atom is 0.327 e. The van der Waals surface area contributed by atoms with E-state index in [1.165, 1.54) is 29.0 Å². The number of carboxylic acids is 1. The van der Waals surface area contributed by atoms with Crippen molar-refractivity contribution in [1.29, 1.82) is 0 Å². The fraction of sp³-hybridized carbons (Fsp3) is 0.333. The van der Waals surface area contributed by atoms with Crippen molar-refractivity contribution in [3.63, 3.8) is 0 Å². The zero-order valence-electron chi connectivity index (χ0n) is 7.75. The predicted molar refractivity (Wildman–Crippen MR) is 53.6 cm³/mol. The molecule has 2 heterocycles. The van der Waals surface area contributed by atoms with Crippen LogP contribution in [0.3, 0.4) is 0 Å². The van der Waals surface area contributed by atoms with Crippen LogP contribution in [0.2, 0.25) is 0 Å². The zero-order chi connectivity index (χ0) is 10.8. The Hall–Kier alpha value is -1.43. The highest BCUT2D eigenvalue weighted by molar-refractivity contribution is 7.99. The lowest BCUT2D eigenvalue weighted by molar-refractivity contribution is -0.140. The fourth-order valence-corrected chi connectivity index (χ4v) is 2.53. The van der Waals surface area contributed by atoms with Gasteiger partial charge in [-0.05, 0) is 12.1 Å². The summed E-state index contributed by atoms with van der Waals surface area (Å²) in [6.45, 7) is 0. The van der Waals surface area contributed by atoms with E-state index in [0.29, 0.717) is 11.6 Å². The number of hydrogen-bond acceptors (Lipinski definition) is 4. The topological polar surface area (TPSA) is 70.8 Å². The molecular weight excluding hydrogens is 218 g/mol. The molecule has 0 aromatic carbocycles. The Bertz CT molecular complexity index is 375. The first-order valence-corrected chi connectivity index (χ1v) is 5.50. The van der Waals surface area contributed by atoms with Crippen molar-refractivity contribution in [3.05, 3.63) is 24.2 Å². The van der Waals surface area contributed by atoms with Gasteiger partial charge in [0.1, 0.15) is 6.04 Å². The van der Waals surface area contributed by atoms with Gasteiger partial charge in [0.15, 0.2) is 5.76 Å². The standard InChI is InChI=1S/C9H9NO4S/c11-8(7-2-1-3-14-7)10-5-15-4-6(10)9(12)13/h1-3,6H,4-5H2,(H,12,13)/t6-/m0/s1. The smallest absolute Gasteiger partial charge is 0.327 e. The van der Waals surface area contributed by atoms with Crippen molar-refractivity contribution in [1.82, 2.24) is 4.90 Å². The molecule has 15 heavy (non-hydrogen) atoms. The van der Waals surface area contributed by atoms with E-state index in [1.54, 1.807) is 6.07 Å². The Labute approximate surface area is 90.0 Å². The van der Waals surface area contributed by atoms with Crippen molar-refractivity contribution in [2.45, 2.75) is 6.04 Å². The first-order chi connectivity index (χ1) is 7.20. The number of carbonyl (C=O) groups excluding carboxylic acids is 1. The van der Waals surface area contributed by atoms with Crippen molar-refractivity contribution < 1.29 is 19.1 Å². The summed E-state index contributed by atoms with van der Waals surface area (Å²) in [7, 11) is 0. The van der Waals surface area contributed by atoms with Gasteiger partial charge < -0.3 is 14.4 Å². The highest BCUT2D eigenvalue weighted by Crippen LogP contribution is 2.23. The molecule has 0 saturated carbocycles. The second kappa shape index (κ2) is 3.98. The van der Waals surface area contributed by atoms with Crippen LogP contribution in [-0.4, -0.2) is 39.6 Å². The molecule has 1 aromatic heterocycles. The zero-order valence-corrected chi connectivity index (χ0v) is 8.57. The van der Waals surface area contributed by atoms with E-state index in [0.717, 1.165) is 0 Å². The second-order valence-corrected chi connectivity index (χ2v) is 4.11. The van der Waals surface area contributed by atoms with Crippen molar-refractivity contribution in [2.24, 2.45) is 0 Å². The van der Waals surface area contributed by atoms with Crippen LogP contribution in [0, 0.1) is 0 Å². The second-order valence-electron chi connectivity index (χ2n) is 3.11. The summed E-state index contributed by atoms with van der Waals surface area (Å²) in [6, 6.07) is 2.39. The van der Waals surface area contributed by atoms with Crippen molar-refractivity contribution >= 4 is 23.6 Å². The Morgan fingerprint density at radius 2 is 2.40 bits per heavy atom. The lowest BCUT2D eigenvalue weighted by Crippen LogP contribution is -2.41.